The maximum atomic E-state index is 10.6. The molecule has 0 fully saturated rings. The van der Waals surface area contributed by atoms with Gasteiger partial charge in [-0.25, -0.2) is 0 Å². The highest BCUT2D eigenvalue weighted by atomic mass is 16.6. The lowest BCUT2D eigenvalue weighted by Gasteiger charge is -2.07. The zero-order valence-corrected chi connectivity index (χ0v) is 11.2. The summed E-state index contributed by atoms with van der Waals surface area (Å²) in [4.78, 5) is 10.2. The van der Waals surface area contributed by atoms with Crippen molar-refractivity contribution in [2.45, 2.75) is 6.61 Å². The minimum Gasteiger partial charge on any atom is -0.489 e. The van der Waals surface area contributed by atoms with Crippen LogP contribution in [0.3, 0.4) is 0 Å². The van der Waals surface area contributed by atoms with Crippen LogP contribution in [-0.4, -0.2) is 4.92 Å². The van der Waals surface area contributed by atoms with E-state index < -0.39 is 4.92 Å². The predicted molar refractivity (Wildman–Crippen MR) is 81.4 cm³/mol. The highest BCUT2D eigenvalue weighted by Crippen LogP contribution is 2.21. The number of nitro groups is 1. The molecule has 0 aliphatic rings. The normalized spacial score (nSPS) is 10.5. The second-order valence-corrected chi connectivity index (χ2v) is 4.72. The molecule has 3 rings (SSSR count). The lowest BCUT2D eigenvalue weighted by atomic mass is 10.1. The monoisotopic (exact) mass is 279 g/mol. The van der Waals surface area contributed by atoms with Crippen LogP contribution in [0, 0.1) is 10.1 Å². The number of nitrogens with zero attached hydrogens (tertiary/aromatic N) is 1. The van der Waals surface area contributed by atoms with Crippen LogP contribution in [0.15, 0.2) is 66.7 Å². The molecule has 0 amide bonds. The van der Waals surface area contributed by atoms with E-state index in [9.17, 15) is 10.1 Å². The van der Waals surface area contributed by atoms with Crippen LogP contribution in [0.4, 0.5) is 5.69 Å². The minimum absolute atomic E-state index is 0.0875. The number of nitro benzene ring substituents is 1. The molecule has 0 radical (unpaired) electrons. The molecule has 4 heteroatoms. The third kappa shape index (κ3) is 3.00. The molecule has 0 aliphatic carbocycles. The van der Waals surface area contributed by atoms with E-state index in [0.29, 0.717) is 6.61 Å². The van der Waals surface area contributed by atoms with E-state index in [4.69, 9.17) is 4.74 Å². The van der Waals surface area contributed by atoms with Crippen LogP contribution in [-0.2, 0) is 6.61 Å². The van der Waals surface area contributed by atoms with E-state index in [-0.39, 0.29) is 5.69 Å². The molecule has 0 aromatic heterocycles. The topological polar surface area (TPSA) is 52.4 Å². The van der Waals surface area contributed by atoms with Crippen LogP contribution < -0.4 is 4.74 Å². The Labute approximate surface area is 121 Å². The standard InChI is InChI=1S/C17H13NO3/c19-18(20)16-8-5-13(6-9-16)12-21-17-10-7-14-3-1-2-4-15(14)11-17/h1-11H,12H2. The average Bonchev–Trinajstić information content (AvgIpc) is 2.53. The third-order valence-electron chi connectivity index (χ3n) is 3.27. The molecule has 0 saturated heterocycles. The Kier molecular flexibility index (Phi) is 3.51. The summed E-state index contributed by atoms with van der Waals surface area (Å²) >= 11 is 0. The van der Waals surface area contributed by atoms with Crippen molar-refractivity contribution < 1.29 is 9.66 Å². The van der Waals surface area contributed by atoms with Gasteiger partial charge in [0.1, 0.15) is 12.4 Å². The second kappa shape index (κ2) is 5.63. The van der Waals surface area contributed by atoms with Gasteiger partial charge in [0, 0.05) is 12.1 Å². The number of rotatable bonds is 4. The van der Waals surface area contributed by atoms with Gasteiger partial charge in [-0.05, 0) is 40.6 Å². The van der Waals surface area contributed by atoms with Gasteiger partial charge in [0.2, 0.25) is 0 Å². The molecule has 4 nitrogen and oxygen atoms in total. The van der Waals surface area contributed by atoms with Crippen LogP contribution in [0.5, 0.6) is 5.75 Å². The minimum atomic E-state index is -0.409. The van der Waals surface area contributed by atoms with E-state index in [1.807, 2.05) is 36.4 Å². The van der Waals surface area contributed by atoms with Crippen LogP contribution in [0.1, 0.15) is 5.56 Å². The van der Waals surface area contributed by atoms with E-state index >= 15 is 0 Å². The first-order chi connectivity index (χ1) is 10.2. The second-order valence-electron chi connectivity index (χ2n) is 4.72. The Balaban J connectivity index is 1.72. The number of ether oxygens (including phenoxy) is 1. The maximum absolute atomic E-state index is 10.6. The zero-order valence-electron chi connectivity index (χ0n) is 11.2. The fourth-order valence-corrected chi connectivity index (χ4v) is 2.14. The SMILES string of the molecule is O=[N+]([O-])c1ccc(COc2ccc3ccccc3c2)cc1. The molecule has 0 spiro atoms. The van der Waals surface area contributed by atoms with Gasteiger partial charge in [0.25, 0.3) is 5.69 Å². The van der Waals surface area contributed by atoms with Crippen LogP contribution in [0.25, 0.3) is 10.8 Å². The zero-order chi connectivity index (χ0) is 14.7. The van der Waals surface area contributed by atoms with Crippen molar-refractivity contribution in [3.63, 3.8) is 0 Å². The summed E-state index contributed by atoms with van der Waals surface area (Å²) in [6.45, 7) is 0.385. The molecular weight excluding hydrogens is 266 g/mol. The van der Waals surface area contributed by atoms with Crippen molar-refractivity contribution in [3.8, 4) is 5.75 Å². The van der Waals surface area contributed by atoms with Gasteiger partial charge >= 0.3 is 0 Å². The molecule has 3 aromatic rings. The van der Waals surface area contributed by atoms with Gasteiger partial charge in [0.05, 0.1) is 4.92 Å². The molecule has 0 atom stereocenters. The first kappa shape index (κ1) is 13.1. The van der Waals surface area contributed by atoms with Crippen molar-refractivity contribution in [2.24, 2.45) is 0 Å². The molecular formula is C17H13NO3. The summed E-state index contributed by atoms with van der Waals surface area (Å²) in [6.07, 6.45) is 0. The molecule has 0 aliphatic heterocycles. The third-order valence-corrected chi connectivity index (χ3v) is 3.27. The van der Waals surface area contributed by atoms with Gasteiger partial charge in [-0.15, -0.1) is 0 Å². The Morgan fingerprint density at radius 1 is 0.905 bits per heavy atom. The average molecular weight is 279 g/mol. The largest absolute Gasteiger partial charge is 0.489 e. The smallest absolute Gasteiger partial charge is 0.269 e. The molecule has 0 saturated carbocycles. The van der Waals surface area contributed by atoms with Crippen molar-refractivity contribution >= 4 is 16.5 Å². The van der Waals surface area contributed by atoms with Crippen LogP contribution >= 0.6 is 0 Å². The molecule has 0 N–H and O–H groups in total. The summed E-state index contributed by atoms with van der Waals surface area (Å²) in [6, 6.07) is 20.4. The number of fused-ring (bicyclic) bond motifs is 1. The van der Waals surface area contributed by atoms with Crippen molar-refractivity contribution in [3.05, 3.63) is 82.4 Å². The number of hydrogen-bond donors (Lipinski definition) is 0. The predicted octanol–water partition coefficient (Wildman–Crippen LogP) is 4.33. The summed E-state index contributed by atoms with van der Waals surface area (Å²) in [5.41, 5.74) is 0.984. The highest BCUT2D eigenvalue weighted by Gasteiger charge is 2.04. The molecule has 0 unspecified atom stereocenters. The highest BCUT2D eigenvalue weighted by molar-refractivity contribution is 5.83. The van der Waals surface area contributed by atoms with Crippen molar-refractivity contribution in [1.82, 2.24) is 0 Å². The van der Waals surface area contributed by atoms with Gasteiger partial charge in [0.15, 0.2) is 0 Å². The van der Waals surface area contributed by atoms with E-state index in [1.165, 1.54) is 17.5 Å². The Morgan fingerprint density at radius 3 is 2.33 bits per heavy atom. The van der Waals surface area contributed by atoms with Gasteiger partial charge in [-0.3, -0.25) is 10.1 Å². The lowest BCUT2D eigenvalue weighted by molar-refractivity contribution is -0.384. The Morgan fingerprint density at radius 2 is 1.62 bits per heavy atom. The lowest BCUT2D eigenvalue weighted by Crippen LogP contribution is -1.96. The molecule has 3 aromatic carbocycles. The van der Waals surface area contributed by atoms with Crippen LogP contribution in [0.2, 0.25) is 0 Å². The van der Waals surface area contributed by atoms with Gasteiger partial charge < -0.3 is 4.74 Å². The first-order valence-corrected chi connectivity index (χ1v) is 6.57. The van der Waals surface area contributed by atoms with Gasteiger partial charge in [-0.1, -0.05) is 30.3 Å². The maximum Gasteiger partial charge on any atom is 0.269 e. The fraction of sp³-hybridized carbons (Fsp3) is 0.0588. The number of non-ortho nitro benzene ring substituents is 1. The number of hydrogen-bond acceptors (Lipinski definition) is 3. The van der Waals surface area contributed by atoms with Crippen molar-refractivity contribution in [2.75, 3.05) is 0 Å². The molecule has 0 bridgehead atoms. The number of benzene rings is 3. The summed E-state index contributed by atoms with van der Waals surface area (Å²) in [7, 11) is 0. The Bertz CT molecular complexity index is 781. The molecule has 104 valence electrons. The first-order valence-electron chi connectivity index (χ1n) is 6.57. The summed E-state index contributed by atoms with van der Waals surface area (Å²) in [5.74, 6) is 0.784. The summed E-state index contributed by atoms with van der Waals surface area (Å²) in [5, 5.41) is 12.9. The molecule has 21 heavy (non-hydrogen) atoms. The van der Waals surface area contributed by atoms with E-state index in [2.05, 4.69) is 6.07 Å². The van der Waals surface area contributed by atoms with Gasteiger partial charge in [-0.2, -0.15) is 0 Å². The molecule has 0 heterocycles. The Hall–Kier alpha value is -2.88. The fourth-order valence-electron chi connectivity index (χ4n) is 2.14. The van der Waals surface area contributed by atoms with Crippen molar-refractivity contribution in [1.29, 1.82) is 0 Å². The summed E-state index contributed by atoms with van der Waals surface area (Å²) < 4.78 is 5.73. The quantitative estimate of drug-likeness (QED) is 0.527. The van der Waals surface area contributed by atoms with E-state index in [1.54, 1.807) is 12.1 Å². The van der Waals surface area contributed by atoms with E-state index in [0.717, 1.165) is 16.7 Å².